The number of hydrogen-bond acceptors (Lipinski definition) is 2. The van der Waals surface area contributed by atoms with Crippen molar-refractivity contribution in [1.29, 1.82) is 0 Å². The first-order valence-corrected chi connectivity index (χ1v) is 4.32. The van der Waals surface area contributed by atoms with Crippen LogP contribution in [0.4, 0.5) is 0 Å². The van der Waals surface area contributed by atoms with Gasteiger partial charge in [-0.25, -0.2) is 0 Å². The Morgan fingerprint density at radius 2 is 2.36 bits per heavy atom. The Balaban J connectivity index is 2.71. The molecule has 1 N–H and O–H groups in total. The minimum Gasteiger partial charge on any atom is -0.392 e. The monoisotopic (exact) mass is 156 g/mol. The average Bonchev–Trinajstić information content (AvgIpc) is 2.19. The molecule has 0 aromatic heterocycles. The second-order valence-electron chi connectivity index (χ2n) is 3.65. The molecule has 0 saturated heterocycles. The number of aliphatic hydroxyl groups excluding tert-OH is 1. The van der Waals surface area contributed by atoms with Gasteiger partial charge in [0, 0.05) is 6.42 Å². The van der Waals surface area contributed by atoms with Gasteiger partial charge in [0.2, 0.25) is 0 Å². The molecule has 2 atom stereocenters. The third-order valence-electron chi connectivity index (χ3n) is 2.79. The van der Waals surface area contributed by atoms with Crippen LogP contribution < -0.4 is 0 Å². The fraction of sp³-hybridized carbons (Fsp3) is 0.889. The molecule has 1 aliphatic carbocycles. The summed E-state index contributed by atoms with van der Waals surface area (Å²) in [5, 5.41) is 9.53. The molecule has 2 heteroatoms. The van der Waals surface area contributed by atoms with Crippen LogP contribution in [0.1, 0.15) is 39.5 Å². The van der Waals surface area contributed by atoms with Gasteiger partial charge >= 0.3 is 0 Å². The van der Waals surface area contributed by atoms with Gasteiger partial charge in [-0.15, -0.1) is 0 Å². The lowest BCUT2D eigenvalue weighted by Gasteiger charge is -2.25. The molecule has 0 aromatic rings. The van der Waals surface area contributed by atoms with E-state index in [9.17, 15) is 9.90 Å². The Hall–Kier alpha value is -0.370. The molecule has 0 bridgehead atoms. The second-order valence-corrected chi connectivity index (χ2v) is 3.65. The highest BCUT2D eigenvalue weighted by molar-refractivity contribution is 5.87. The maximum Gasteiger partial charge on any atom is 0.141 e. The molecule has 0 amide bonds. The number of carbonyl (C=O) groups is 1. The predicted octanol–water partition coefficient (Wildman–Crippen LogP) is 1.52. The molecule has 1 rings (SSSR count). The number of aliphatic hydroxyl groups is 1. The fourth-order valence-electron chi connectivity index (χ4n) is 1.88. The van der Waals surface area contributed by atoms with Crippen molar-refractivity contribution < 1.29 is 9.90 Å². The van der Waals surface area contributed by atoms with Crippen molar-refractivity contribution in [3.05, 3.63) is 0 Å². The molecule has 0 aliphatic heterocycles. The van der Waals surface area contributed by atoms with E-state index in [-0.39, 0.29) is 5.78 Å². The van der Waals surface area contributed by atoms with Crippen LogP contribution in [0.25, 0.3) is 0 Å². The summed E-state index contributed by atoms with van der Waals surface area (Å²) in [6.07, 6.45) is 2.63. The van der Waals surface area contributed by atoms with E-state index in [0.29, 0.717) is 12.8 Å². The van der Waals surface area contributed by atoms with Gasteiger partial charge in [-0.05, 0) is 12.8 Å². The van der Waals surface area contributed by atoms with Gasteiger partial charge in [0.05, 0.1) is 11.5 Å². The molecular weight excluding hydrogens is 140 g/mol. The summed E-state index contributed by atoms with van der Waals surface area (Å²) in [6.45, 7) is 3.93. The van der Waals surface area contributed by atoms with Gasteiger partial charge in [0.15, 0.2) is 0 Å². The van der Waals surface area contributed by atoms with Crippen molar-refractivity contribution in [3.63, 3.8) is 0 Å². The lowest BCUT2D eigenvalue weighted by Crippen LogP contribution is -2.32. The molecule has 1 saturated carbocycles. The Bertz CT molecular complexity index is 165. The average molecular weight is 156 g/mol. The normalized spacial score (nSPS) is 38.1. The molecule has 11 heavy (non-hydrogen) atoms. The Labute approximate surface area is 67.6 Å². The summed E-state index contributed by atoms with van der Waals surface area (Å²) in [5.74, 6) is 0.242. The third-order valence-corrected chi connectivity index (χ3v) is 2.79. The van der Waals surface area contributed by atoms with Crippen LogP contribution in [0.15, 0.2) is 0 Å². The molecule has 1 fully saturated rings. The molecule has 0 aromatic carbocycles. The van der Waals surface area contributed by atoms with Crippen molar-refractivity contribution in [3.8, 4) is 0 Å². The quantitative estimate of drug-likeness (QED) is 0.658. The smallest absolute Gasteiger partial charge is 0.141 e. The largest absolute Gasteiger partial charge is 0.392 e. The van der Waals surface area contributed by atoms with Gasteiger partial charge in [-0.3, -0.25) is 4.79 Å². The minimum absolute atomic E-state index is 0.242. The highest BCUT2D eigenvalue weighted by atomic mass is 16.3. The standard InChI is InChI=1S/C9H16O2/c1-3-6-9(2)7(10)4-5-8(9)11/h7,10H,3-6H2,1-2H3/t7-,9-/m1/s1. The van der Waals surface area contributed by atoms with E-state index in [4.69, 9.17) is 0 Å². The first-order valence-electron chi connectivity index (χ1n) is 4.32. The van der Waals surface area contributed by atoms with Crippen LogP contribution in [-0.4, -0.2) is 17.0 Å². The molecule has 2 nitrogen and oxygen atoms in total. The molecule has 0 spiro atoms. The Morgan fingerprint density at radius 1 is 1.73 bits per heavy atom. The highest BCUT2D eigenvalue weighted by Gasteiger charge is 2.43. The summed E-state index contributed by atoms with van der Waals surface area (Å²) in [4.78, 5) is 11.3. The van der Waals surface area contributed by atoms with Crippen molar-refractivity contribution in [2.45, 2.75) is 45.6 Å². The third kappa shape index (κ3) is 1.32. The lowest BCUT2D eigenvalue weighted by molar-refractivity contribution is -0.128. The minimum atomic E-state index is -0.422. The van der Waals surface area contributed by atoms with Crippen LogP contribution in [0.3, 0.4) is 0 Å². The topological polar surface area (TPSA) is 37.3 Å². The highest BCUT2D eigenvalue weighted by Crippen LogP contribution is 2.38. The van der Waals surface area contributed by atoms with Crippen LogP contribution in [-0.2, 0) is 4.79 Å². The van der Waals surface area contributed by atoms with Gasteiger partial charge in [-0.2, -0.15) is 0 Å². The Morgan fingerprint density at radius 3 is 2.73 bits per heavy atom. The van der Waals surface area contributed by atoms with E-state index in [0.717, 1.165) is 12.8 Å². The predicted molar refractivity (Wildman–Crippen MR) is 43.3 cm³/mol. The van der Waals surface area contributed by atoms with E-state index in [1.54, 1.807) is 0 Å². The van der Waals surface area contributed by atoms with Crippen molar-refractivity contribution in [1.82, 2.24) is 0 Å². The summed E-state index contributed by atoms with van der Waals surface area (Å²) >= 11 is 0. The molecule has 1 aliphatic rings. The number of hydrogen-bond donors (Lipinski definition) is 1. The molecule has 0 unspecified atom stereocenters. The van der Waals surface area contributed by atoms with Gasteiger partial charge in [0.25, 0.3) is 0 Å². The van der Waals surface area contributed by atoms with E-state index in [2.05, 4.69) is 0 Å². The number of ketones is 1. The SMILES string of the molecule is CCC[C@@]1(C)C(=O)CC[C@H]1O. The molecule has 64 valence electrons. The van der Waals surface area contributed by atoms with Crippen LogP contribution in [0.5, 0.6) is 0 Å². The van der Waals surface area contributed by atoms with Gasteiger partial charge in [0.1, 0.15) is 5.78 Å². The molecule has 0 radical (unpaired) electrons. The fourth-order valence-corrected chi connectivity index (χ4v) is 1.88. The lowest BCUT2D eigenvalue weighted by atomic mass is 9.81. The van der Waals surface area contributed by atoms with Crippen LogP contribution in [0, 0.1) is 5.41 Å². The summed E-state index contributed by atoms with van der Waals surface area (Å²) < 4.78 is 0. The zero-order chi connectivity index (χ0) is 8.48. The van der Waals surface area contributed by atoms with Gasteiger partial charge < -0.3 is 5.11 Å². The van der Waals surface area contributed by atoms with Crippen molar-refractivity contribution in [2.24, 2.45) is 5.41 Å². The first-order chi connectivity index (χ1) is 5.11. The zero-order valence-electron chi connectivity index (χ0n) is 7.26. The summed E-state index contributed by atoms with van der Waals surface area (Å²) in [5.41, 5.74) is -0.422. The van der Waals surface area contributed by atoms with Gasteiger partial charge in [-0.1, -0.05) is 20.3 Å². The summed E-state index contributed by atoms with van der Waals surface area (Å²) in [7, 11) is 0. The van der Waals surface area contributed by atoms with E-state index >= 15 is 0 Å². The van der Waals surface area contributed by atoms with Crippen molar-refractivity contribution >= 4 is 5.78 Å². The second kappa shape index (κ2) is 2.94. The number of rotatable bonds is 2. The molecular formula is C9H16O2. The van der Waals surface area contributed by atoms with Crippen LogP contribution >= 0.6 is 0 Å². The van der Waals surface area contributed by atoms with Crippen molar-refractivity contribution in [2.75, 3.05) is 0 Å². The first kappa shape index (κ1) is 8.72. The number of Topliss-reactive ketones (excluding diaryl/α,β-unsaturated/α-hetero) is 1. The molecule has 0 heterocycles. The zero-order valence-corrected chi connectivity index (χ0v) is 7.26. The number of carbonyl (C=O) groups excluding carboxylic acids is 1. The maximum absolute atomic E-state index is 11.3. The Kier molecular flexibility index (Phi) is 2.33. The maximum atomic E-state index is 11.3. The van der Waals surface area contributed by atoms with Crippen LogP contribution in [0.2, 0.25) is 0 Å². The van der Waals surface area contributed by atoms with E-state index in [1.807, 2.05) is 13.8 Å². The van der Waals surface area contributed by atoms with E-state index in [1.165, 1.54) is 0 Å². The van der Waals surface area contributed by atoms with E-state index < -0.39 is 11.5 Å². The summed E-state index contributed by atoms with van der Waals surface area (Å²) in [6, 6.07) is 0.